The summed E-state index contributed by atoms with van der Waals surface area (Å²) >= 11 is 1.83. The Balaban J connectivity index is 1.52. The first kappa shape index (κ1) is 14.8. The van der Waals surface area contributed by atoms with E-state index in [1.807, 2.05) is 54.1 Å². The number of aliphatic hydroxyl groups is 1. The first-order valence-corrected chi connectivity index (χ1v) is 7.98. The second kappa shape index (κ2) is 5.61. The second-order valence-corrected chi connectivity index (χ2v) is 7.68. The molecule has 1 fully saturated rings. The van der Waals surface area contributed by atoms with Crippen LogP contribution < -0.4 is 0 Å². The van der Waals surface area contributed by atoms with Crippen molar-refractivity contribution in [1.82, 2.24) is 14.3 Å². The molecule has 0 aromatic carbocycles. The molecular formula is C15H21N3O2S. The molecule has 0 spiro atoms. The van der Waals surface area contributed by atoms with E-state index in [9.17, 15) is 5.11 Å². The number of hydrogen-bond donors (Lipinski definition) is 1. The lowest BCUT2D eigenvalue weighted by molar-refractivity contribution is -0.251. The highest BCUT2D eigenvalue weighted by molar-refractivity contribution is 8.00. The van der Waals surface area contributed by atoms with E-state index in [4.69, 9.17) is 4.74 Å². The van der Waals surface area contributed by atoms with Gasteiger partial charge in [0.25, 0.3) is 0 Å². The Labute approximate surface area is 128 Å². The highest BCUT2D eigenvalue weighted by Crippen LogP contribution is 2.31. The van der Waals surface area contributed by atoms with E-state index >= 15 is 0 Å². The summed E-state index contributed by atoms with van der Waals surface area (Å²) < 4.78 is 7.57. The summed E-state index contributed by atoms with van der Waals surface area (Å²) in [6, 6.07) is 4.12. The zero-order valence-electron chi connectivity index (χ0n) is 12.6. The number of ether oxygens (including phenoxy) is 1. The van der Waals surface area contributed by atoms with Gasteiger partial charge >= 0.3 is 0 Å². The summed E-state index contributed by atoms with van der Waals surface area (Å²) in [6.07, 6.45) is 5.04. The molecule has 114 valence electrons. The van der Waals surface area contributed by atoms with Gasteiger partial charge in [-0.25, -0.2) is 4.98 Å². The molecule has 2 aromatic heterocycles. The molecule has 2 aromatic rings. The zero-order valence-corrected chi connectivity index (χ0v) is 13.4. The Bertz CT molecular complexity index is 617. The Morgan fingerprint density at radius 1 is 1.38 bits per heavy atom. The van der Waals surface area contributed by atoms with Gasteiger partial charge in [-0.15, -0.1) is 11.8 Å². The molecular weight excluding hydrogens is 286 g/mol. The highest BCUT2D eigenvalue weighted by Gasteiger charge is 2.34. The summed E-state index contributed by atoms with van der Waals surface area (Å²) in [5, 5.41) is 10.5. The van der Waals surface area contributed by atoms with Crippen molar-refractivity contribution >= 4 is 17.4 Å². The summed E-state index contributed by atoms with van der Waals surface area (Å²) in [5.41, 5.74) is 0.632. The molecule has 0 radical (unpaired) electrons. The van der Waals surface area contributed by atoms with Crippen LogP contribution in [0.15, 0.2) is 35.6 Å². The molecule has 21 heavy (non-hydrogen) atoms. The normalized spacial score (nSPS) is 18.9. The van der Waals surface area contributed by atoms with Crippen LogP contribution in [0.4, 0.5) is 0 Å². The molecule has 5 nitrogen and oxygen atoms in total. The third-order valence-corrected chi connectivity index (χ3v) is 4.46. The average molecular weight is 307 g/mol. The first-order chi connectivity index (χ1) is 9.90. The molecule has 3 heterocycles. The fourth-order valence-corrected chi connectivity index (χ4v) is 3.52. The lowest BCUT2D eigenvalue weighted by atomic mass is 10.2. The summed E-state index contributed by atoms with van der Waals surface area (Å²) in [4.78, 5) is 7.40. The van der Waals surface area contributed by atoms with Gasteiger partial charge in [0.15, 0.2) is 0 Å². The van der Waals surface area contributed by atoms with Crippen LogP contribution in [0.1, 0.15) is 20.8 Å². The van der Waals surface area contributed by atoms with Gasteiger partial charge < -0.3 is 14.2 Å². The summed E-state index contributed by atoms with van der Waals surface area (Å²) in [6.45, 7) is 7.52. The standard InChI is InChI=1S/C15H21N3O2S/c1-15(2,3)20-14(19)18-9-12(10-18)21-11-4-5-13-16-6-7-17(13)8-11/h4-8,12,14,19H,9-10H2,1-3H3. The van der Waals surface area contributed by atoms with Crippen molar-refractivity contribution in [3.05, 3.63) is 30.7 Å². The molecule has 0 aliphatic carbocycles. The number of nitrogens with zero attached hydrogens (tertiary/aromatic N) is 3. The number of pyridine rings is 1. The minimum atomic E-state index is -0.807. The zero-order chi connectivity index (χ0) is 15.0. The molecule has 0 saturated carbocycles. The average Bonchev–Trinajstić information content (AvgIpc) is 2.77. The maximum absolute atomic E-state index is 9.98. The Hall–Kier alpha value is -1.08. The number of hydrogen-bond acceptors (Lipinski definition) is 5. The monoisotopic (exact) mass is 307 g/mol. The van der Waals surface area contributed by atoms with Crippen LogP contribution in [0, 0.1) is 0 Å². The van der Waals surface area contributed by atoms with Crippen molar-refractivity contribution in [3.63, 3.8) is 0 Å². The Morgan fingerprint density at radius 2 is 2.14 bits per heavy atom. The van der Waals surface area contributed by atoms with E-state index in [-0.39, 0.29) is 5.60 Å². The van der Waals surface area contributed by atoms with Crippen molar-refractivity contribution < 1.29 is 9.84 Å². The van der Waals surface area contributed by atoms with Gasteiger partial charge in [0.05, 0.1) is 5.60 Å². The van der Waals surface area contributed by atoms with Crippen LogP contribution >= 0.6 is 11.8 Å². The highest BCUT2D eigenvalue weighted by atomic mass is 32.2. The number of thioether (sulfide) groups is 1. The van der Waals surface area contributed by atoms with Crippen LogP contribution in [-0.2, 0) is 4.74 Å². The minimum absolute atomic E-state index is 0.329. The first-order valence-electron chi connectivity index (χ1n) is 7.10. The Kier molecular flexibility index (Phi) is 3.96. The van der Waals surface area contributed by atoms with Crippen molar-refractivity contribution in [2.24, 2.45) is 0 Å². The number of rotatable bonds is 4. The molecule has 1 saturated heterocycles. The minimum Gasteiger partial charge on any atom is -0.356 e. The van der Waals surface area contributed by atoms with Gasteiger partial charge in [0.1, 0.15) is 5.65 Å². The van der Waals surface area contributed by atoms with Gasteiger partial charge in [-0.3, -0.25) is 4.90 Å². The summed E-state index contributed by atoms with van der Waals surface area (Å²) in [7, 11) is 0. The molecule has 1 aliphatic rings. The molecule has 1 aliphatic heterocycles. The molecule has 6 heteroatoms. The van der Waals surface area contributed by atoms with Crippen molar-refractivity contribution in [2.45, 2.75) is 42.9 Å². The maximum atomic E-state index is 9.98. The smallest absolute Gasteiger partial charge is 0.216 e. The number of fused-ring (bicyclic) bond motifs is 1. The van der Waals surface area contributed by atoms with E-state index in [1.165, 1.54) is 4.90 Å². The molecule has 0 bridgehead atoms. The maximum Gasteiger partial charge on any atom is 0.216 e. The topological polar surface area (TPSA) is 50.0 Å². The van der Waals surface area contributed by atoms with E-state index in [0.29, 0.717) is 5.25 Å². The quantitative estimate of drug-likeness (QED) is 0.878. The van der Waals surface area contributed by atoms with E-state index < -0.39 is 6.41 Å². The summed E-state index contributed by atoms with van der Waals surface area (Å²) in [5.74, 6) is 0. The van der Waals surface area contributed by atoms with Crippen LogP contribution in [0.2, 0.25) is 0 Å². The van der Waals surface area contributed by atoms with Crippen LogP contribution in [0.25, 0.3) is 5.65 Å². The van der Waals surface area contributed by atoms with E-state index in [0.717, 1.165) is 18.7 Å². The third-order valence-electron chi connectivity index (χ3n) is 3.31. The van der Waals surface area contributed by atoms with Gasteiger partial charge in [-0.2, -0.15) is 0 Å². The van der Waals surface area contributed by atoms with Crippen molar-refractivity contribution in [3.8, 4) is 0 Å². The number of likely N-dealkylation sites (tertiary alicyclic amines) is 1. The van der Waals surface area contributed by atoms with E-state index in [1.54, 1.807) is 6.20 Å². The third kappa shape index (κ3) is 3.58. The van der Waals surface area contributed by atoms with Crippen LogP contribution in [0.5, 0.6) is 0 Å². The second-order valence-electron chi connectivity index (χ2n) is 6.31. The number of imidazole rings is 1. The lowest BCUT2D eigenvalue weighted by Crippen LogP contribution is -2.56. The lowest BCUT2D eigenvalue weighted by Gasteiger charge is -2.42. The Morgan fingerprint density at radius 3 is 2.86 bits per heavy atom. The molecule has 1 atom stereocenters. The SMILES string of the molecule is CC(C)(C)OC(O)N1CC(Sc2ccc3nccn3c2)C1. The van der Waals surface area contributed by atoms with Crippen LogP contribution in [0.3, 0.4) is 0 Å². The van der Waals surface area contributed by atoms with Crippen molar-refractivity contribution in [2.75, 3.05) is 13.1 Å². The van der Waals surface area contributed by atoms with E-state index in [2.05, 4.69) is 17.2 Å². The fourth-order valence-electron chi connectivity index (χ4n) is 2.28. The van der Waals surface area contributed by atoms with Gasteiger partial charge in [-0.1, -0.05) is 0 Å². The molecule has 3 rings (SSSR count). The van der Waals surface area contributed by atoms with Gasteiger partial charge in [0.2, 0.25) is 6.41 Å². The predicted molar refractivity (Wildman–Crippen MR) is 83.3 cm³/mol. The number of aliphatic hydroxyl groups excluding tert-OH is 1. The van der Waals surface area contributed by atoms with Gasteiger partial charge in [0, 0.05) is 41.8 Å². The predicted octanol–water partition coefficient (Wildman–Crippen LogP) is 2.20. The van der Waals surface area contributed by atoms with Gasteiger partial charge in [-0.05, 0) is 32.9 Å². The molecule has 1 unspecified atom stereocenters. The largest absolute Gasteiger partial charge is 0.356 e. The molecule has 1 N–H and O–H groups in total. The molecule has 0 amide bonds. The van der Waals surface area contributed by atoms with Crippen LogP contribution in [-0.4, -0.2) is 49.7 Å². The number of aromatic nitrogens is 2. The van der Waals surface area contributed by atoms with Crippen molar-refractivity contribution in [1.29, 1.82) is 0 Å². The fraction of sp³-hybridized carbons (Fsp3) is 0.533.